The van der Waals surface area contributed by atoms with Gasteiger partial charge in [0.15, 0.2) is 0 Å². The molecule has 0 bridgehead atoms. The van der Waals surface area contributed by atoms with Crippen molar-refractivity contribution in [3.63, 3.8) is 0 Å². The highest BCUT2D eigenvalue weighted by atomic mass is 15.1. The number of benzene rings is 9. The Morgan fingerprint density at radius 2 is 0.831 bits per heavy atom. The maximum atomic E-state index is 2.51. The fourth-order valence-electron chi connectivity index (χ4n) is 10.8. The topological polar surface area (TPSA) is 3.24 Å². The van der Waals surface area contributed by atoms with E-state index in [1.54, 1.807) is 0 Å². The molecule has 0 radical (unpaired) electrons. The van der Waals surface area contributed by atoms with Gasteiger partial charge < -0.3 is 4.90 Å². The quantitative estimate of drug-likeness (QED) is 0.149. The first-order valence-corrected chi connectivity index (χ1v) is 21.1. The van der Waals surface area contributed by atoms with Gasteiger partial charge in [-0.3, -0.25) is 0 Å². The van der Waals surface area contributed by atoms with E-state index in [1.807, 2.05) is 0 Å². The third-order valence-corrected chi connectivity index (χ3v) is 13.6. The predicted molar refractivity (Wildman–Crippen MR) is 248 cm³/mol. The first-order valence-electron chi connectivity index (χ1n) is 21.1. The fraction of sp³-hybridized carbons (Fsp3) is 0.103. The Kier molecular flexibility index (Phi) is 8.27. The zero-order valence-corrected chi connectivity index (χ0v) is 33.6. The van der Waals surface area contributed by atoms with E-state index in [-0.39, 0.29) is 5.41 Å². The molecule has 0 saturated heterocycles. The van der Waals surface area contributed by atoms with E-state index in [0.717, 1.165) is 24.2 Å². The summed E-state index contributed by atoms with van der Waals surface area (Å²) in [6, 6.07) is 79.4. The predicted octanol–water partition coefficient (Wildman–Crippen LogP) is 15.4. The molecule has 0 aromatic heterocycles. The third-order valence-electron chi connectivity index (χ3n) is 13.6. The average Bonchev–Trinajstić information content (AvgIpc) is 3.75. The molecule has 0 saturated carbocycles. The van der Waals surface area contributed by atoms with Crippen LogP contribution in [-0.4, -0.2) is 0 Å². The Hall–Kier alpha value is -6.96. The van der Waals surface area contributed by atoms with E-state index in [2.05, 4.69) is 231 Å². The molecule has 1 nitrogen and oxygen atoms in total. The van der Waals surface area contributed by atoms with Gasteiger partial charge in [-0.2, -0.15) is 0 Å². The highest BCUT2D eigenvalue weighted by Gasteiger charge is 2.47. The van der Waals surface area contributed by atoms with Gasteiger partial charge in [0.05, 0.1) is 5.41 Å². The Balaban J connectivity index is 1.20. The van der Waals surface area contributed by atoms with Crippen LogP contribution in [0.1, 0.15) is 60.1 Å². The molecule has 9 aromatic rings. The number of anilines is 3. The molecule has 2 aliphatic carbocycles. The van der Waals surface area contributed by atoms with Crippen molar-refractivity contribution >= 4 is 27.8 Å². The van der Waals surface area contributed by atoms with Crippen LogP contribution >= 0.6 is 0 Å². The summed E-state index contributed by atoms with van der Waals surface area (Å²) in [5.41, 5.74) is 18.6. The van der Waals surface area contributed by atoms with E-state index in [0.29, 0.717) is 0 Å². The lowest BCUT2D eigenvalue weighted by Crippen LogP contribution is -2.28. The molecule has 0 amide bonds. The monoisotopic (exact) mass is 755 g/mol. The minimum atomic E-state index is -0.538. The molecular weight excluding hydrogens is 711 g/mol. The molecule has 0 aliphatic heterocycles. The van der Waals surface area contributed by atoms with Crippen LogP contribution in [0.5, 0.6) is 0 Å². The highest BCUT2D eigenvalue weighted by molar-refractivity contribution is 5.97. The van der Waals surface area contributed by atoms with Gasteiger partial charge in [0.25, 0.3) is 0 Å². The van der Waals surface area contributed by atoms with Crippen LogP contribution in [-0.2, 0) is 10.8 Å². The lowest BCUT2D eigenvalue weighted by molar-refractivity contribution is 0.490. The van der Waals surface area contributed by atoms with Crippen LogP contribution in [0.4, 0.5) is 17.1 Å². The molecule has 0 fully saturated rings. The number of hydrogen-bond acceptors (Lipinski definition) is 1. The van der Waals surface area contributed by atoms with E-state index >= 15 is 0 Å². The summed E-state index contributed by atoms with van der Waals surface area (Å²) in [4.78, 5) is 2.51. The minimum Gasteiger partial charge on any atom is -0.310 e. The summed E-state index contributed by atoms with van der Waals surface area (Å²) in [6.45, 7) is 4.72. The van der Waals surface area contributed by atoms with Gasteiger partial charge in [-0.25, -0.2) is 0 Å². The number of hydrogen-bond donors (Lipinski definition) is 0. The van der Waals surface area contributed by atoms with Crippen molar-refractivity contribution in [1.82, 2.24) is 0 Å². The van der Waals surface area contributed by atoms with E-state index in [4.69, 9.17) is 0 Å². The number of fused-ring (bicyclic) bond motifs is 7. The second kappa shape index (κ2) is 13.9. The van der Waals surface area contributed by atoms with Crippen LogP contribution in [0.25, 0.3) is 44.2 Å². The largest absolute Gasteiger partial charge is 0.310 e. The van der Waals surface area contributed by atoms with Crippen LogP contribution in [0.2, 0.25) is 0 Å². The molecule has 282 valence electrons. The van der Waals surface area contributed by atoms with Crippen LogP contribution in [0.15, 0.2) is 212 Å². The first-order chi connectivity index (χ1) is 29.1. The highest BCUT2D eigenvalue weighted by Crippen LogP contribution is 2.59. The summed E-state index contributed by atoms with van der Waals surface area (Å²) >= 11 is 0. The van der Waals surface area contributed by atoms with Gasteiger partial charge in [0.1, 0.15) is 0 Å². The van der Waals surface area contributed by atoms with Crippen molar-refractivity contribution in [3.8, 4) is 33.4 Å². The van der Waals surface area contributed by atoms with E-state index in [9.17, 15) is 0 Å². The average molecular weight is 756 g/mol. The van der Waals surface area contributed by atoms with Crippen LogP contribution in [0, 0.1) is 0 Å². The lowest BCUT2D eigenvalue weighted by atomic mass is 9.67. The standard InChI is InChI=1S/C58H45N/c1-3-57(4-2)53-30-17-16-29-49(53)50-33-31-47(38-54(50)57)59(46-28-18-23-41(35-46)40-19-8-5-9-20-40)48-32-34-51-52-36-42-21-14-15-22-43(42)37-55(52)58(56(51)39-48,44-24-10-6-11-25-44)45-26-12-7-13-27-45/h5-39H,3-4H2,1-2H3. The lowest BCUT2D eigenvalue weighted by Gasteiger charge is -2.35. The molecule has 1 heteroatoms. The van der Waals surface area contributed by atoms with Gasteiger partial charge in [-0.05, 0) is 139 Å². The molecule has 0 unspecified atom stereocenters. The summed E-state index contributed by atoms with van der Waals surface area (Å²) in [5.74, 6) is 0. The molecule has 0 heterocycles. The van der Waals surface area contributed by atoms with Crippen LogP contribution < -0.4 is 4.90 Å². The summed E-state index contributed by atoms with van der Waals surface area (Å²) in [5, 5.41) is 2.51. The minimum absolute atomic E-state index is 0.0448. The zero-order chi connectivity index (χ0) is 39.6. The Morgan fingerprint density at radius 3 is 1.49 bits per heavy atom. The van der Waals surface area contributed by atoms with Crippen molar-refractivity contribution in [2.24, 2.45) is 0 Å². The van der Waals surface area contributed by atoms with Gasteiger partial charge in [-0.15, -0.1) is 0 Å². The van der Waals surface area contributed by atoms with Gasteiger partial charge in [0.2, 0.25) is 0 Å². The number of nitrogens with zero attached hydrogens (tertiary/aromatic N) is 1. The maximum Gasteiger partial charge on any atom is 0.0714 e. The summed E-state index contributed by atoms with van der Waals surface area (Å²) < 4.78 is 0. The SMILES string of the molecule is CCC1(CC)c2ccccc2-c2ccc(N(c3cccc(-c4ccccc4)c3)c3ccc4c(c3)C(c3ccccc3)(c3ccccc3)c3cc5ccccc5cc3-4)cc21. The smallest absolute Gasteiger partial charge is 0.0714 e. The van der Waals surface area contributed by atoms with Crippen molar-refractivity contribution in [1.29, 1.82) is 0 Å². The molecular formula is C58H45N. The van der Waals surface area contributed by atoms with E-state index < -0.39 is 5.41 Å². The van der Waals surface area contributed by atoms with E-state index in [1.165, 1.54) is 83.2 Å². The second-order valence-electron chi connectivity index (χ2n) is 16.3. The zero-order valence-electron chi connectivity index (χ0n) is 33.6. The van der Waals surface area contributed by atoms with Gasteiger partial charge >= 0.3 is 0 Å². The Morgan fingerprint density at radius 1 is 0.339 bits per heavy atom. The van der Waals surface area contributed by atoms with Crippen molar-refractivity contribution in [2.75, 3.05) is 4.90 Å². The van der Waals surface area contributed by atoms with Gasteiger partial charge in [0, 0.05) is 22.5 Å². The number of rotatable bonds is 8. The molecule has 11 rings (SSSR count). The molecule has 0 atom stereocenters. The normalized spacial score (nSPS) is 14.0. The van der Waals surface area contributed by atoms with Crippen LogP contribution in [0.3, 0.4) is 0 Å². The Labute approximate surface area is 347 Å². The van der Waals surface area contributed by atoms with Crippen molar-refractivity contribution in [2.45, 2.75) is 37.5 Å². The molecule has 9 aromatic carbocycles. The Bertz CT molecular complexity index is 2970. The van der Waals surface area contributed by atoms with Crippen molar-refractivity contribution in [3.05, 3.63) is 246 Å². The third kappa shape index (κ3) is 5.24. The summed E-state index contributed by atoms with van der Waals surface area (Å²) in [7, 11) is 0. The molecule has 0 N–H and O–H groups in total. The fourth-order valence-corrected chi connectivity index (χ4v) is 10.8. The summed E-state index contributed by atoms with van der Waals surface area (Å²) in [6.07, 6.45) is 2.09. The second-order valence-corrected chi connectivity index (χ2v) is 16.3. The van der Waals surface area contributed by atoms with Crippen molar-refractivity contribution < 1.29 is 0 Å². The van der Waals surface area contributed by atoms with Gasteiger partial charge in [-0.1, -0.05) is 178 Å². The molecule has 2 aliphatic rings. The first kappa shape index (κ1) is 35.2. The molecule has 59 heavy (non-hydrogen) atoms. The maximum absolute atomic E-state index is 2.51. The molecule has 0 spiro atoms.